The lowest BCUT2D eigenvalue weighted by Crippen LogP contribution is -2.29. The van der Waals surface area contributed by atoms with Gasteiger partial charge in [-0.2, -0.15) is 0 Å². The first-order valence-corrected chi connectivity index (χ1v) is 8.16. The summed E-state index contributed by atoms with van der Waals surface area (Å²) in [6.45, 7) is 2.97. The summed E-state index contributed by atoms with van der Waals surface area (Å²) in [5.74, 6) is 0.875. The van der Waals surface area contributed by atoms with Crippen molar-refractivity contribution >= 4 is 16.7 Å². The highest BCUT2D eigenvalue weighted by Crippen LogP contribution is 2.19. The molecule has 0 radical (unpaired) electrons. The number of ether oxygens (including phenoxy) is 1. The van der Waals surface area contributed by atoms with Gasteiger partial charge in [-0.3, -0.25) is 4.79 Å². The number of rotatable bonds is 6. The number of amides is 1. The monoisotopic (exact) mass is 319 g/mol. The summed E-state index contributed by atoms with van der Waals surface area (Å²) in [4.78, 5) is 12.2. The van der Waals surface area contributed by atoms with Crippen molar-refractivity contribution in [1.29, 1.82) is 0 Å². The van der Waals surface area contributed by atoms with Crippen LogP contribution in [0.25, 0.3) is 10.8 Å². The van der Waals surface area contributed by atoms with Crippen LogP contribution in [0.5, 0.6) is 5.75 Å². The predicted molar refractivity (Wildman–Crippen MR) is 97.3 cm³/mol. The largest absolute Gasteiger partial charge is 0.491 e. The SMILES string of the molecule is Cc1ccccc1OCCNC(=O)Cc1cccc2ccccc12. The molecule has 0 bridgehead atoms. The van der Waals surface area contributed by atoms with Gasteiger partial charge in [-0.15, -0.1) is 0 Å². The third-order valence-electron chi connectivity index (χ3n) is 4.01. The van der Waals surface area contributed by atoms with Crippen LogP contribution in [0.2, 0.25) is 0 Å². The summed E-state index contributed by atoms with van der Waals surface area (Å²) in [5, 5.41) is 5.21. The number of nitrogens with one attached hydrogen (secondary N) is 1. The third kappa shape index (κ3) is 3.93. The zero-order valence-corrected chi connectivity index (χ0v) is 13.8. The van der Waals surface area contributed by atoms with Crippen LogP contribution < -0.4 is 10.1 Å². The predicted octanol–water partition coefficient (Wildman–Crippen LogP) is 3.89. The van der Waals surface area contributed by atoms with E-state index in [1.165, 1.54) is 0 Å². The van der Waals surface area contributed by atoms with Crippen molar-refractivity contribution in [3.8, 4) is 5.75 Å². The minimum Gasteiger partial charge on any atom is -0.491 e. The molecule has 0 saturated heterocycles. The number of carbonyl (C=O) groups excluding carboxylic acids is 1. The maximum atomic E-state index is 12.2. The maximum Gasteiger partial charge on any atom is 0.224 e. The van der Waals surface area contributed by atoms with E-state index in [0.717, 1.165) is 27.6 Å². The summed E-state index contributed by atoms with van der Waals surface area (Å²) in [5.41, 5.74) is 2.14. The van der Waals surface area contributed by atoms with Crippen LogP contribution in [0.4, 0.5) is 0 Å². The van der Waals surface area contributed by atoms with Crippen LogP contribution in [0.15, 0.2) is 66.7 Å². The number of benzene rings is 3. The molecular weight excluding hydrogens is 298 g/mol. The van der Waals surface area contributed by atoms with Gasteiger partial charge in [-0.25, -0.2) is 0 Å². The van der Waals surface area contributed by atoms with Gasteiger partial charge in [0.05, 0.1) is 13.0 Å². The number of aryl methyl sites for hydroxylation is 1. The van der Waals surface area contributed by atoms with E-state index in [-0.39, 0.29) is 5.91 Å². The second kappa shape index (κ2) is 7.64. The van der Waals surface area contributed by atoms with Gasteiger partial charge in [0, 0.05) is 0 Å². The minimum atomic E-state index is 0.0136. The molecule has 1 N–H and O–H groups in total. The molecule has 0 aliphatic heterocycles. The van der Waals surface area contributed by atoms with Crippen molar-refractivity contribution in [2.45, 2.75) is 13.3 Å². The fraction of sp³-hybridized carbons (Fsp3) is 0.190. The Morgan fingerprint density at radius 2 is 1.71 bits per heavy atom. The van der Waals surface area contributed by atoms with Crippen molar-refractivity contribution in [1.82, 2.24) is 5.32 Å². The molecule has 0 saturated carbocycles. The van der Waals surface area contributed by atoms with E-state index in [9.17, 15) is 4.79 Å². The molecule has 3 rings (SSSR count). The molecule has 0 aliphatic carbocycles. The number of hydrogen-bond donors (Lipinski definition) is 1. The third-order valence-corrected chi connectivity index (χ3v) is 4.01. The van der Waals surface area contributed by atoms with Crippen LogP contribution in [0.1, 0.15) is 11.1 Å². The van der Waals surface area contributed by atoms with Crippen LogP contribution >= 0.6 is 0 Å². The van der Waals surface area contributed by atoms with E-state index in [2.05, 4.69) is 23.5 Å². The van der Waals surface area contributed by atoms with Crippen molar-refractivity contribution in [2.24, 2.45) is 0 Å². The highest BCUT2D eigenvalue weighted by atomic mass is 16.5. The molecule has 0 fully saturated rings. The lowest BCUT2D eigenvalue weighted by atomic mass is 10.0. The summed E-state index contributed by atoms with van der Waals surface area (Å²) in [7, 11) is 0. The first kappa shape index (κ1) is 16.1. The molecule has 3 aromatic rings. The van der Waals surface area contributed by atoms with Crippen LogP contribution in [0, 0.1) is 6.92 Å². The van der Waals surface area contributed by atoms with Gasteiger partial charge < -0.3 is 10.1 Å². The molecule has 0 unspecified atom stereocenters. The van der Waals surface area contributed by atoms with E-state index in [1.54, 1.807) is 0 Å². The smallest absolute Gasteiger partial charge is 0.224 e. The summed E-state index contributed by atoms with van der Waals surface area (Å²) in [6, 6.07) is 22.1. The molecule has 3 aromatic carbocycles. The van der Waals surface area contributed by atoms with E-state index in [4.69, 9.17) is 4.74 Å². The van der Waals surface area contributed by atoms with Gasteiger partial charge in [-0.1, -0.05) is 60.7 Å². The van der Waals surface area contributed by atoms with Gasteiger partial charge in [0.1, 0.15) is 12.4 Å². The summed E-state index contributed by atoms with van der Waals surface area (Å²) >= 11 is 0. The van der Waals surface area contributed by atoms with E-state index in [1.807, 2.05) is 55.5 Å². The van der Waals surface area contributed by atoms with Crippen molar-refractivity contribution in [2.75, 3.05) is 13.2 Å². The molecule has 0 atom stereocenters. The molecule has 0 spiro atoms. The fourth-order valence-electron chi connectivity index (χ4n) is 2.75. The Morgan fingerprint density at radius 3 is 2.58 bits per heavy atom. The van der Waals surface area contributed by atoms with Crippen LogP contribution in [-0.4, -0.2) is 19.1 Å². The zero-order valence-electron chi connectivity index (χ0n) is 13.8. The Bertz CT molecular complexity index is 837. The summed E-state index contributed by atoms with van der Waals surface area (Å²) < 4.78 is 5.69. The zero-order chi connectivity index (χ0) is 16.8. The average molecular weight is 319 g/mol. The average Bonchev–Trinajstić information content (AvgIpc) is 2.60. The Balaban J connectivity index is 1.51. The highest BCUT2D eigenvalue weighted by Gasteiger charge is 2.06. The molecule has 0 heterocycles. The lowest BCUT2D eigenvalue weighted by molar-refractivity contribution is -0.120. The second-order valence-electron chi connectivity index (χ2n) is 5.78. The number of hydrogen-bond acceptors (Lipinski definition) is 2. The normalized spacial score (nSPS) is 10.5. The lowest BCUT2D eigenvalue weighted by Gasteiger charge is -2.10. The van der Waals surface area contributed by atoms with Crippen molar-refractivity contribution < 1.29 is 9.53 Å². The second-order valence-corrected chi connectivity index (χ2v) is 5.78. The molecular formula is C21H21NO2. The van der Waals surface area contributed by atoms with Gasteiger partial charge in [0.2, 0.25) is 5.91 Å². The number of carbonyl (C=O) groups is 1. The molecule has 24 heavy (non-hydrogen) atoms. The Morgan fingerprint density at radius 1 is 0.958 bits per heavy atom. The molecule has 1 amide bonds. The first-order valence-electron chi connectivity index (χ1n) is 8.16. The molecule has 3 heteroatoms. The standard InChI is InChI=1S/C21H21NO2/c1-16-7-2-5-12-20(16)24-14-13-22-21(23)15-18-10-6-9-17-8-3-4-11-19(17)18/h2-12H,13-15H2,1H3,(H,22,23). The van der Waals surface area contributed by atoms with Crippen molar-refractivity contribution in [3.63, 3.8) is 0 Å². The van der Waals surface area contributed by atoms with Gasteiger partial charge in [0.25, 0.3) is 0 Å². The van der Waals surface area contributed by atoms with Gasteiger partial charge in [-0.05, 0) is 34.9 Å². The topological polar surface area (TPSA) is 38.3 Å². The molecule has 3 nitrogen and oxygen atoms in total. The quantitative estimate of drug-likeness (QED) is 0.700. The number of fused-ring (bicyclic) bond motifs is 1. The van der Waals surface area contributed by atoms with E-state index in [0.29, 0.717) is 19.6 Å². The minimum absolute atomic E-state index is 0.0136. The fourth-order valence-corrected chi connectivity index (χ4v) is 2.75. The Labute approximate surface area is 142 Å². The van der Waals surface area contributed by atoms with Crippen LogP contribution in [-0.2, 0) is 11.2 Å². The van der Waals surface area contributed by atoms with Crippen molar-refractivity contribution in [3.05, 3.63) is 77.9 Å². The van der Waals surface area contributed by atoms with E-state index < -0.39 is 0 Å². The van der Waals surface area contributed by atoms with E-state index >= 15 is 0 Å². The summed E-state index contributed by atoms with van der Waals surface area (Å²) in [6.07, 6.45) is 0.381. The maximum absolute atomic E-state index is 12.2. The van der Waals surface area contributed by atoms with Gasteiger partial charge in [0.15, 0.2) is 0 Å². The van der Waals surface area contributed by atoms with Crippen LogP contribution in [0.3, 0.4) is 0 Å². The highest BCUT2D eigenvalue weighted by molar-refractivity contribution is 5.90. The molecule has 122 valence electrons. The Hall–Kier alpha value is -2.81. The molecule has 0 aromatic heterocycles. The first-order chi connectivity index (χ1) is 11.7. The molecule has 0 aliphatic rings. The Kier molecular flexibility index (Phi) is 5.12. The van der Waals surface area contributed by atoms with Gasteiger partial charge >= 0.3 is 0 Å². The number of para-hydroxylation sites is 1.